The number of carbonyl (C=O) groups is 1. The molecule has 0 N–H and O–H groups in total. The van der Waals surface area contributed by atoms with Crippen LogP contribution in [0.2, 0.25) is 0 Å². The van der Waals surface area contributed by atoms with Crippen molar-refractivity contribution in [1.82, 2.24) is 0 Å². The molecule has 10 heavy (non-hydrogen) atoms. The molecule has 0 aliphatic heterocycles. The third-order valence-corrected chi connectivity index (χ3v) is 2.10. The standard InChI is InChI=1S/C8H16NO/c1-5-8(10)9(4,6-2)7-3/h5H,1,6-7H2,2-4H3/q+1. The number of hydrogen-bond acceptors (Lipinski definition) is 1. The van der Waals surface area contributed by atoms with Crippen molar-refractivity contribution in [1.29, 1.82) is 0 Å². The van der Waals surface area contributed by atoms with Gasteiger partial charge in [0.2, 0.25) is 0 Å². The van der Waals surface area contributed by atoms with E-state index in [4.69, 9.17) is 0 Å². The summed E-state index contributed by atoms with van der Waals surface area (Å²) in [7, 11) is 1.92. The van der Waals surface area contributed by atoms with E-state index < -0.39 is 0 Å². The lowest BCUT2D eigenvalue weighted by Gasteiger charge is -2.27. The van der Waals surface area contributed by atoms with Crippen molar-refractivity contribution >= 4 is 5.91 Å². The Balaban J connectivity index is 4.31. The molecule has 0 bridgehead atoms. The van der Waals surface area contributed by atoms with Crippen LogP contribution in [-0.2, 0) is 4.79 Å². The fraction of sp³-hybridized carbons (Fsp3) is 0.625. The minimum absolute atomic E-state index is 0.102. The van der Waals surface area contributed by atoms with Gasteiger partial charge in [0.05, 0.1) is 20.1 Å². The summed E-state index contributed by atoms with van der Waals surface area (Å²) in [4.78, 5) is 11.2. The molecule has 0 aliphatic rings. The van der Waals surface area contributed by atoms with Gasteiger partial charge in [-0.2, -0.15) is 0 Å². The summed E-state index contributed by atoms with van der Waals surface area (Å²) in [5.74, 6) is 0.102. The SMILES string of the molecule is C=CC(=O)[N+](C)(CC)CC. The van der Waals surface area contributed by atoms with E-state index in [9.17, 15) is 4.79 Å². The molecule has 0 atom stereocenters. The summed E-state index contributed by atoms with van der Waals surface area (Å²) in [6.07, 6.45) is 1.40. The zero-order valence-corrected chi connectivity index (χ0v) is 7.05. The van der Waals surface area contributed by atoms with Crippen LogP contribution >= 0.6 is 0 Å². The molecule has 0 aromatic heterocycles. The van der Waals surface area contributed by atoms with Crippen LogP contribution in [0.25, 0.3) is 0 Å². The van der Waals surface area contributed by atoms with E-state index in [1.165, 1.54) is 6.08 Å². The van der Waals surface area contributed by atoms with E-state index >= 15 is 0 Å². The molecule has 0 radical (unpaired) electrons. The molecule has 58 valence electrons. The smallest absolute Gasteiger partial charge is 0.260 e. The van der Waals surface area contributed by atoms with Crippen molar-refractivity contribution in [2.75, 3.05) is 20.1 Å². The lowest BCUT2D eigenvalue weighted by molar-refractivity contribution is -0.828. The summed E-state index contributed by atoms with van der Waals surface area (Å²) in [6, 6.07) is 0. The first-order valence-electron chi connectivity index (χ1n) is 3.62. The third-order valence-electron chi connectivity index (χ3n) is 2.10. The van der Waals surface area contributed by atoms with E-state index in [0.717, 1.165) is 13.1 Å². The maximum Gasteiger partial charge on any atom is 0.337 e. The molecule has 0 saturated heterocycles. The minimum atomic E-state index is 0.102. The number of likely N-dealkylation sites (N-methyl/N-ethyl adjacent to an activating group) is 1. The normalized spacial score (nSPS) is 11.1. The minimum Gasteiger partial charge on any atom is -0.260 e. The van der Waals surface area contributed by atoms with Gasteiger partial charge in [-0.25, -0.2) is 4.79 Å². The van der Waals surface area contributed by atoms with Crippen LogP contribution in [0.4, 0.5) is 0 Å². The maximum absolute atomic E-state index is 11.2. The van der Waals surface area contributed by atoms with Crippen LogP contribution < -0.4 is 0 Å². The molecule has 0 unspecified atom stereocenters. The molecule has 0 spiro atoms. The predicted octanol–water partition coefficient (Wildman–Crippen LogP) is 1.19. The van der Waals surface area contributed by atoms with Crippen LogP contribution in [0.15, 0.2) is 12.7 Å². The van der Waals surface area contributed by atoms with Crippen molar-refractivity contribution in [3.8, 4) is 0 Å². The number of carbonyl (C=O) groups excluding carboxylic acids is 1. The van der Waals surface area contributed by atoms with E-state index in [-0.39, 0.29) is 5.91 Å². The van der Waals surface area contributed by atoms with Gasteiger partial charge in [0.25, 0.3) is 0 Å². The topological polar surface area (TPSA) is 17.1 Å². The quantitative estimate of drug-likeness (QED) is 0.427. The van der Waals surface area contributed by atoms with Crippen molar-refractivity contribution in [2.24, 2.45) is 0 Å². The number of hydrogen-bond donors (Lipinski definition) is 0. The molecule has 1 amide bonds. The maximum atomic E-state index is 11.2. The summed E-state index contributed by atoms with van der Waals surface area (Å²) in [5.41, 5.74) is 0. The van der Waals surface area contributed by atoms with Gasteiger partial charge < -0.3 is 0 Å². The van der Waals surface area contributed by atoms with Gasteiger partial charge in [-0.05, 0) is 13.8 Å². The Morgan fingerprint density at radius 2 is 1.90 bits per heavy atom. The van der Waals surface area contributed by atoms with Crippen molar-refractivity contribution in [3.63, 3.8) is 0 Å². The fourth-order valence-electron chi connectivity index (χ4n) is 0.756. The van der Waals surface area contributed by atoms with E-state index in [1.54, 1.807) is 0 Å². The average Bonchev–Trinajstić information content (AvgIpc) is 2.01. The Hall–Kier alpha value is -0.630. The number of rotatable bonds is 3. The van der Waals surface area contributed by atoms with Gasteiger partial charge in [0.15, 0.2) is 0 Å². The van der Waals surface area contributed by atoms with Gasteiger partial charge in [-0.15, -0.1) is 0 Å². The lowest BCUT2D eigenvalue weighted by atomic mass is 10.3. The second-order valence-corrected chi connectivity index (χ2v) is 2.57. The third kappa shape index (κ3) is 1.67. The summed E-state index contributed by atoms with van der Waals surface area (Å²) in [6.45, 7) is 9.14. The second-order valence-electron chi connectivity index (χ2n) is 2.57. The summed E-state index contributed by atoms with van der Waals surface area (Å²) < 4.78 is 0.462. The highest BCUT2D eigenvalue weighted by Gasteiger charge is 2.23. The average molecular weight is 142 g/mol. The Bertz CT molecular complexity index is 136. The number of nitrogens with zero attached hydrogens (tertiary/aromatic N) is 1. The molecular formula is C8H16NO+. The summed E-state index contributed by atoms with van der Waals surface area (Å²) in [5, 5.41) is 0. The summed E-state index contributed by atoms with van der Waals surface area (Å²) >= 11 is 0. The molecule has 2 nitrogen and oxygen atoms in total. The molecule has 0 fully saturated rings. The molecule has 2 heteroatoms. The highest BCUT2D eigenvalue weighted by atomic mass is 16.2. The largest absolute Gasteiger partial charge is 0.337 e. The first-order chi connectivity index (χ1) is 4.60. The molecule has 0 heterocycles. The highest BCUT2D eigenvalue weighted by Crippen LogP contribution is 2.01. The zero-order chi connectivity index (χ0) is 8.20. The highest BCUT2D eigenvalue weighted by molar-refractivity contribution is 5.80. The van der Waals surface area contributed by atoms with E-state index in [0.29, 0.717) is 4.48 Å². The van der Waals surface area contributed by atoms with Gasteiger partial charge in [-0.1, -0.05) is 6.58 Å². The molecule has 0 aromatic rings. The van der Waals surface area contributed by atoms with Crippen LogP contribution in [0.3, 0.4) is 0 Å². The zero-order valence-electron chi connectivity index (χ0n) is 7.05. The number of amides is 1. The van der Waals surface area contributed by atoms with Gasteiger partial charge in [0, 0.05) is 6.08 Å². The molecule has 0 rings (SSSR count). The molecule has 0 aliphatic carbocycles. The second kappa shape index (κ2) is 3.52. The number of quaternary nitrogens is 1. The Labute approximate surface area is 62.7 Å². The fourth-order valence-corrected chi connectivity index (χ4v) is 0.756. The monoisotopic (exact) mass is 142 g/mol. The Morgan fingerprint density at radius 1 is 1.50 bits per heavy atom. The van der Waals surface area contributed by atoms with Gasteiger partial charge in [-0.3, -0.25) is 4.48 Å². The van der Waals surface area contributed by atoms with Crippen LogP contribution in [0, 0.1) is 0 Å². The van der Waals surface area contributed by atoms with Crippen molar-refractivity contribution < 1.29 is 9.28 Å². The first-order valence-corrected chi connectivity index (χ1v) is 3.62. The van der Waals surface area contributed by atoms with Gasteiger partial charge in [0.1, 0.15) is 0 Å². The van der Waals surface area contributed by atoms with Gasteiger partial charge >= 0.3 is 5.91 Å². The predicted molar refractivity (Wildman–Crippen MR) is 42.5 cm³/mol. The van der Waals surface area contributed by atoms with Crippen LogP contribution in [0.1, 0.15) is 13.8 Å². The molecule has 0 saturated carbocycles. The van der Waals surface area contributed by atoms with Crippen LogP contribution in [-0.4, -0.2) is 30.5 Å². The Kier molecular flexibility index (Phi) is 3.30. The van der Waals surface area contributed by atoms with Crippen molar-refractivity contribution in [3.05, 3.63) is 12.7 Å². The molecule has 0 aromatic carbocycles. The van der Waals surface area contributed by atoms with E-state index in [2.05, 4.69) is 6.58 Å². The Morgan fingerprint density at radius 3 is 2.00 bits per heavy atom. The molecular weight excluding hydrogens is 126 g/mol. The first kappa shape index (κ1) is 9.37. The lowest BCUT2D eigenvalue weighted by Crippen LogP contribution is -2.47. The van der Waals surface area contributed by atoms with Crippen molar-refractivity contribution in [2.45, 2.75) is 13.8 Å². The van der Waals surface area contributed by atoms with Crippen LogP contribution in [0.5, 0.6) is 0 Å². The van der Waals surface area contributed by atoms with E-state index in [1.807, 2.05) is 20.9 Å².